The molecule has 0 aromatic carbocycles. The van der Waals surface area contributed by atoms with Crippen molar-refractivity contribution in [3.8, 4) is 0 Å². The zero-order chi connectivity index (χ0) is 7.98. The Labute approximate surface area is 64.6 Å². The van der Waals surface area contributed by atoms with Crippen molar-refractivity contribution in [3.05, 3.63) is 4.91 Å². The van der Waals surface area contributed by atoms with E-state index >= 15 is 0 Å². The average Bonchev–Trinajstić information content (AvgIpc) is 1.91. The molecule has 0 heterocycles. The Kier molecular flexibility index (Phi) is 5.57. The van der Waals surface area contributed by atoms with Gasteiger partial charge in [-0.25, -0.2) is 0 Å². The Balaban J connectivity index is 3.63. The van der Waals surface area contributed by atoms with Crippen molar-refractivity contribution in [1.82, 2.24) is 0 Å². The van der Waals surface area contributed by atoms with E-state index in [1.807, 2.05) is 0 Å². The molecule has 5 heteroatoms. The molecule has 0 amide bonds. The summed E-state index contributed by atoms with van der Waals surface area (Å²) < 4.78 is 0. The van der Waals surface area contributed by atoms with E-state index in [0.717, 1.165) is 0 Å². The van der Waals surface area contributed by atoms with Crippen LogP contribution >= 0.6 is 12.6 Å². The minimum atomic E-state index is -0.699. The van der Waals surface area contributed by atoms with Gasteiger partial charge in [0.1, 0.15) is 6.04 Å². The lowest BCUT2D eigenvalue weighted by molar-refractivity contribution is 0.242. The molecule has 0 fully saturated rings. The zero-order valence-corrected chi connectivity index (χ0v) is 6.37. The van der Waals surface area contributed by atoms with Gasteiger partial charge in [0.25, 0.3) is 0 Å². The molecule has 0 aliphatic carbocycles. The van der Waals surface area contributed by atoms with E-state index in [9.17, 15) is 4.91 Å². The summed E-state index contributed by atoms with van der Waals surface area (Å²) in [5.74, 6) is 0. The Hall–Kier alpha value is -0.130. The maximum absolute atomic E-state index is 9.91. The highest BCUT2D eigenvalue weighted by molar-refractivity contribution is 7.81. The third-order valence-electron chi connectivity index (χ3n) is 1.19. The van der Waals surface area contributed by atoms with E-state index in [1.165, 1.54) is 0 Å². The number of thiol groups is 1. The van der Waals surface area contributed by atoms with Crippen LogP contribution < -0.4 is 0 Å². The Bertz CT molecular complexity index is 101. The molecule has 2 N–H and O–H groups in total. The van der Waals surface area contributed by atoms with Gasteiger partial charge in [-0.2, -0.15) is 17.5 Å². The fraction of sp³-hybridized carbons (Fsp3) is 1.00. The number of hydrogen-bond donors (Lipinski definition) is 3. The van der Waals surface area contributed by atoms with Gasteiger partial charge in [-0.05, 0) is 6.42 Å². The lowest BCUT2D eigenvalue weighted by Crippen LogP contribution is -2.23. The van der Waals surface area contributed by atoms with Gasteiger partial charge in [0.05, 0.1) is 6.61 Å². The summed E-state index contributed by atoms with van der Waals surface area (Å²) in [6.07, 6.45) is 0.375. The summed E-state index contributed by atoms with van der Waals surface area (Å²) in [6.45, 7) is -0.349. The molecular formula is C5H11NO3S. The number of nitrogens with zero attached hydrogens (tertiary/aromatic N) is 1. The maximum Gasteiger partial charge on any atom is 0.126 e. The molecule has 0 rings (SSSR count). The Morgan fingerprint density at radius 1 is 1.50 bits per heavy atom. The lowest BCUT2D eigenvalue weighted by Gasteiger charge is -2.11. The molecule has 2 atom stereocenters. The SMILES string of the molecule is O=NC(CO)C(S)CCO. The van der Waals surface area contributed by atoms with Gasteiger partial charge in [-0.1, -0.05) is 5.18 Å². The van der Waals surface area contributed by atoms with E-state index in [2.05, 4.69) is 17.8 Å². The average molecular weight is 165 g/mol. The molecular weight excluding hydrogens is 154 g/mol. The van der Waals surface area contributed by atoms with Gasteiger partial charge in [0, 0.05) is 11.9 Å². The number of aliphatic hydroxyl groups excluding tert-OH is 2. The number of hydrogen-bond acceptors (Lipinski definition) is 5. The van der Waals surface area contributed by atoms with Crippen LogP contribution in [-0.4, -0.2) is 34.7 Å². The van der Waals surface area contributed by atoms with Gasteiger partial charge in [-0.3, -0.25) is 0 Å². The van der Waals surface area contributed by atoms with E-state index in [1.54, 1.807) is 0 Å². The minimum Gasteiger partial charge on any atom is -0.396 e. The topological polar surface area (TPSA) is 69.9 Å². The fourth-order valence-electron chi connectivity index (χ4n) is 0.550. The highest BCUT2D eigenvalue weighted by atomic mass is 32.1. The normalized spacial score (nSPS) is 16.3. The van der Waals surface area contributed by atoms with Crippen molar-refractivity contribution in [2.24, 2.45) is 5.18 Å². The number of aliphatic hydroxyl groups is 2. The van der Waals surface area contributed by atoms with Gasteiger partial charge in [-0.15, -0.1) is 0 Å². The van der Waals surface area contributed by atoms with Crippen LogP contribution in [-0.2, 0) is 0 Å². The summed E-state index contributed by atoms with van der Waals surface area (Å²) in [7, 11) is 0. The molecule has 0 spiro atoms. The molecule has 0 aromatic heterocycles. The van der Waals surface area contributed by atoms with Crippen LogP contribution in [0.5, 0.6) is 0 Å². The number of nitroso groups, excluding NO2 is 1. The second-order valence-electron chi connectivity index (χ2n) is 1.93. The molecule has 0 bridgehead atoms. The highest BCUT2D eigenvalue weighted by Crippen LogP contribution is 2.09. The Morgan fingerprint density at radius 3 is 2.40 bits per heavy atom. The lowest BCUT2D eigenvalue weighted by atomic mass is 10.2. The van der Waals surface area contributed by atoms with Gasteiger partial charge in [0.2, 0.25) is 0 Å². The summed E-state index contributed by atoms with van der Waals surface area (Å²) in [4.78, 5) is 9.91. The van der Waals surface area contributed by atoms with E-state index in [-0.39, 0.29) is 18.5 Å². The first kappa shape index (κ1) is 9.87. The highest BCUT2D eigenvalue weighted by Gasteiger charge is 2.16. The third kappa shape index (κ3) is 3.14. The van der Waals surface area contributed by atoms with Gasteiger partial charge >= 0.3 is 0 Å². The van der Waals surface area contributed by atoms with Crippen molar-refractivity contribution in [2.75, 3.05) is 13.2 Å². The first-order chi connectivity index (χ1) is 4.76. The minimum absolute atomic E-state index is 0.0415. The van der Waals surface area contributed by atoms with Crippen molar-refractivity contribution < 1.29 is 10.2 Å². The summed E-state index contributed by atoms with van der Waals surface area (Å²) in [5, 5.41) is 19.2. The Morgan fingerprint density at radius 2 is 2.10 bits per heavy atom. The van der Waals surface area contributed by atoms with Crippen molar-refractivity contribution >= 4 is 12.6 Å². The van der Waals surface area contributed by atoms with Crippen LogP contribution in [0, 0.1) is 4.91 Å². The van der Waals surface area contributed by atoms with Crippen LogP contribution in [0.3, 0.4) is 0 Å². The molecule has 0 saturated carbocycles. The van der Waals surface area contributed by atoms with Crippen LogP contribution in [0.1, 0.15) is 6.42 Å². The van der Waals surface area contributed by atoms with Crippen LogP contribution in [0.4, 0.5) is 0 Å². The second-order valence-corrected chi connectivity index (χ2v) is 2.60. The summed E-state index contributed by atoms with van der Waals surface area (Å²) >= 11 is 3.95. The van der Waals surface area contributed by atoms with Crippen LogP contribution in [0.25, 0.3) is 0 Å². The monoisotopic (exact) mass is 165 g/mol. The van der Waals surface area contributed by atoms with E-state index < -0.39 is 6.04 Å². The summed E-state index contributed by atoms with van der Waals surface area (Å²) in [6, 6.07) is -0.699. The molecule has 4 nitrogen and oxygen atoms in total. The smallest absolute Gasteiger partial charge is 0.126 e. The number of rotatable bonds is 5. The van der Waals surface area contributed by atoms with Gasteiger partial charge < -0.3 is 10.2 Å². The van der Waals surface area contributed by atoms with Gasteiger partial charge in [0.15, 0.2) is 0 Å². The van der Waals surface area contributed by atoms with E-state index in [0.29, 0.717) is 6.42 Å². The van der Waals surface area contributed by atoms with Crippen molar-refractivity contribution in [1.29, 1.82) is 0 Å². The molecule has 10 heavy (non-hydrogen) atoms. The van der Waals surface area contributed by atoms with Crippen molar-refractivity contribution in [2.45, 2.75) is 17.7 Å². The second kappa shape index (κ2) is 5.64. The maximum atomic E-state index is 9.91. The standard InChI is InChI=1S/C5H11NO3S/c7-2-1-5(10)4(3-8)6-9/h4-5,7-8,10H,1-3H2. The van der Waals surface area contributed by atoms with E-state index in [4.69, 9.17) is 10.2 Å². The predicted octanol–water partition coefficient (Wildman–Crippen LogP) is -0.205. The molecule has 0 aliphatic rings. The van der Waals surface area contributed by atoms with Crippen LogP contribution in [0.2, 0.25) is 0 Å². The molecule has 0 aliphatic heterocycles. The quantitative estimate of drug-likeness (QED) is 0.390. The molecule has 2 unspecified atom stereocenters. The molecule has 60 valence electrons. The summed E-state index contributed by atoms with van der Waals surface area (Å²) in [5.41, 5.74) is 0. The first-order valence-electron chi connectivity index (χ1n) is 2.98. The van der Waals surface area contributed by atoms with Crippen molar-refractivity contribution in [3.63, 3.8) is 0 Å². The largest absolute Gasteiger partial charge is 0.396 e. The zero-order valence-electron chi connectivity index (χ0n) is 5.47. The predicted molar refractivity (Wildman–Crippen MR) is 41.1 cm³/mol. The molecule has 0 radical (unpaired) electrons. The molecule has 0 aromatic rings. The third-order valence-corrected chi connectivity index (χ3v) is 1.79. The first-order valence-corrected chi connectivity index (χ1v) is 3.50. The van der Waals surface area contributed by atoms with Crippen LogP contribution in [0.15, 0.2) is 5.18 Å². The molecule has 0 saturated heterocycles. The fourth-order valence-corrected chi connectivity index (χ4v) is 0.814.